The summed E-state index contributed by atoms with van der Waals surface area (Å²) in [7, 11) is 3.03. The van der Waals surface area contributed by atoms with Gasteiger partial charge in [0.15, 0.2) is 0 Å². The van der Waals surface area contributed by atoms with E-state index in [1.54, 1.807) is 25.1 Å². The van der Waals surface area contributed by atoms with Gasteiger partial charge < -0.3 is 19.5 Å². The van der Waals surface area contributed by atoms with E-state index in [9.17, 15) is 18.0 Å². The van der Waals surface area contributed by atoms with Gasteiger partial charge in [-0.05, 0) is 31.2 Å². The van der Waals surface area contributed by atoms with Crippen LogP contribution in [0.1, 0.15) is 28.4 Å². The van der Waals surface area contributed by atoms with Gasteiger partial charge in [0.25, 0.3) is 0 Å². The molecule has 3 rings (SSSR count). The number of benzene rings is 2. The van der Waals surface area contributed by atoms with Gasteiger partial charge in [-0.25, -0.2) is 9.78 Å². The first-order valence-electron chi connectivity index (χ1n) is 9.41. The lowest BCUT2D eigenvalue weighted by atomic mass is 10.0. The number of rotatable bonds is 7. The first-order chi connectivity index (χ1) is 14.8. The highest BCUT2D eigenvalue weighted by Crippen LogP contribution is 2.36. The number of nitrogens with one attached hydrogen (secondary N) is 1. The van der Waals surface area contributed by atoms with Crippen LogP contribution in [-0.4, -0.2) is 31.8 Å². The number of carbonyl (C=O) groups is 1. The molecule has 31 heavy (non-hydrogen) atoms. The Morgan fingerprint density at radius 2 is 1.87 bits per heavy atom. The van der Waals surface area contributed by atoms with Crippen molar-refractivity contribution < 1.29 is 32.2 Å². The third kappa shape index (κ3) is 4.82. The Kier molecular flexibility index (Phi) is 6.53. The van der Waals surface area contributed by atoms with E-state index in [-0.39, 0.29) is 35.4 Å². The number of methoxy groups -OCH3 is 2. The minimum absolute atomic E-state index is 0.00199. The zero-order valence-electron chi connectivity index (χ0n) is 17.2. The highest BCUT2D eigenvalue weighted by molar-refractivity contribution is 6.05. The van der Waals surface area contributed by atoms with Gasteiger partial charge in [0.2, 0.25) is 0 Å². The predicted octanol–water partition coefficient (Wildman–Crippen LogP) is 5.06. The highest BCUT2D eigenvalue weighted by Gasteiger charge is 2.34. The maximum absolute atomic E-state index is 13.5. The van der Waals surface area contributed by atoms with Crippen LogP contribution in [0, 0.1) is 0 Å². The number of aromatic nitrogens is 1. The molecule has 2 aromatic carbocycles. The van der Waals surface area contributed by atoms with Gasteiger partial charge in [0.05, 0.1) is 37.5 Å². The molecule has 0 bridgehead atoms. The molecule has 1 heterocycles. The first kappa shape index (κ1) is 22.2. The minimum atomic E-state index is -4.63. The fourth-order valence-corrected chi connectivity index (χ4v) is 3.13. The smallest absolute Gasteiger partial charge is 0.418 e. The summed E-state index contributed by atoms with van der Waals surface area (Å²) in [6.45, 7) is 1.91. The van der Waals surface area contributed by atoms with E-state index in [0.29, 0.717) is 11.5 Å². The van der Waals surface area contributed by atoms with Crippen LogP contribution in [0.3, 0.4) is 0 Å². The zero-order valence-corrected chi connectivity index (χ0v) is 17.2. The van der Waals surface area contributed by atoms with Gasteiger partial charge in [-0.3, -0.25) is 0 Å². The average Bonchev–Trinajstić information content (AvgIpc) is 2.75. The molecule has 1 N–H and O–H groups in total. The van der Waals surface area contributed by atoms with Crippen LogP contribution < -0.4 is 14.8 Å². The number of alkyl halides is 3. The molecular formula is C22H21F3N2O4. The fourth-order valence-electron chi connectivity index (χ4n) is 3.13. The molecule has 0 saturated heterocycles. The van der Waals surface area contributed by atoms with Crippen molar-refractivity contribution in [2.75, 3.05) is 26.1 Å². The third-order valence-corrected chi connectivity index (χ3v) is 4.59. The van der Waals surface area contributed by atoms with Crippen molar-refractivity contribution >= 4 is 22.7 Å². The molecule has 0 saturated carbocycles. The molecule has 0 radical (unpaired) electrons. The molecule has 9 heteroatoms. The van der Waals surface area contributed by atoms with Crippen LogP contribution in [0.5, 0.6) is 11.5 Å². The predicted molar refractivity (Wildman–Crippen MR) is 110 cm³/mol. The summed E-state index contributed by atoms with van der Waals surface area (Å²) in [5.74, 6) is 0.516. The van der Waals surface area contributed by atoms with E-state index in [1.807, 2.05) is 0 Å². The first-order valence-corrected chi connectivity index (χ1v) is 9.41. The molecule has 0 aliphatic rings. The topological polar surface area (TPSA) is 69.7 Å². The van der Waals surface area contributed by atoms with Crippen molar-refractivity contribution in [1.29, 1.82) is 0 Å². The Bertz CT molecular complexity index is 1100. The third-order valence-electron chi connectivity index (χ3n) is 4.59. The van der Waals surface area contributed by atoms with Crippen molar-refractivity contribution in [3.8, 4) is 11.5 Å². The average molecular weight is 434 g/mol. The minimum Gasteiger partial charge on any atom is -0.497 e. The summed E-state index contributed by atoms with van der Waals surface area (Å²) in [6, 6.07) is 10.2. The molecular weight excluding hydrogens is 413 g/mol. The maximum Gasteiger partial charge on any atom is 0.418 e. The molecule has 6 nitrogen and oxygen atoms in total. The van der Waals surface area contributed by atoms with Gasteiger partial charge >= 0.3 is 12.1 Å². The summed E-state index contributed by atoms with van der Waals surface area (Å²) >= 11 is 0. The second-order valence-electron chi connectivity index (χ2n) is 6.51. The van der Waals surface area contributed by atoms with Crippen LogP contribution in [0.15, 0.2) is 42.5 Å². The molecule has 0 atom stereocenters. The molecule has 0 amide bonds. The number of esters is 1. The van der Waals surface area contributed by atoms with Gasteiger partial charge in [0.1, 0.15) is 17.3 Å². The van der Waals surface area contributed by atoms with E-state index < -0.39 is 17.7 Å². The summed E-state index contributed by atoms with van der Waals surface area (Å²) < 4.78 is 56.2. The van der Waals surface area contributed by atoms with Crippen molar-refractivity contribution in [3.63, 3.8) is 0 Å². The second-order valence-corrected chi connectivity index (χ2v) is 6.51. The number of ether oxygens (including phenoxy) is 3. The monoisotopic (exact) mass is 434 g/mol. The van der Waals surface area contributed by atoms with E-state index in [2.05, 4.69) is 10.3 Å². The lowest BCUT2D eigenvalue weighted by Gasteiger charge is -2.15. The molecule has 0 unspecified atom stereocenters. The Hall–Kier alpha value is -3.49. The Morgan fingerprint density at radius 3 is 2.52 bits per heavy atom. The molecule has 0 aliphatic carbocycles. The largest absolute Gasteiger partial charge is 0.497 e. The van der Waals surface area contributed by atoms with Crippen LogP contribution in [0.25, 0.3) is 10.9 Å². The number of pyridine rings is 1. The number of hydrogen-bond donors (Lipinski definition) is 1. The Morgan fingerprint density at radius 1 is 1.10 bits per heavy atom. The summed E-state index contributed by atoms with van der Waals surface area (Å²) in [4.78, 5) is 16.6. The number of para-hydroxylation sites is 1. The van der Waals surface area contributed by atoms with Crippen LogP contribution in [0.4, 0.5) is 19.0 Å². The van der Waals surface area contributed by atoms with Crippen LogP contribution in [-0.2, 0) is 17.5 Å². The van der Waals surface area contributed by atoms with Gasteiger partial charge in [0, 0.05) is 23.6 Å². The molecule has 0 aliphatic heterocycles. The number of nitrogens with zero attached hydrogens (tertiary/aromatic N) is 1. The van der Waals surface area contributed by atoms with Gasteiger partial charge in [-0.2, -0.15) is 13.2 Å². The van der Waals surface area contributed by atoms with E-state index in [0.717, 1.165) is 11.6 Å². The maximum atomic E-state index is 13.5. The Labute approximate surface area is 176 Å². The fraction of sp³-hybridized carbons (Fsp3) is 0.273. The molecule has 0 fully saturated rings. The quantitative estimate of drug-likeness (QED) is 0.525. The molecule has 1 aromatic heterocycles. The number of halogens is 3. The van der Waals surface area contributed by atoms with E-state index in [4.69, 9.17) is 14.2 Å². The standard InChI is InChI=1S/C22H21F3N2O4/c1-4-31-21(28)16-11-19(26-12-13-8-9-14(29-2)10-18(13)30-3)27-20-15(16)6-5-7-17(20)22(23,24)25/h5-11H,4,12H2,1-3H3,(H,26,27). The number of carbonyl (C=O) groups excluding carboxylic acids is 1. The normalized spacial score (nSPS) is 11.3. The van der Waals surface area contributed by atoms with Crippen molar-refractivity contribution in [3.05, 3.63) is 59.2 Å². The highest BCUT2D eigenvalue weighted by atomic mass is 19.4. The van der Waals surface area contributed by atoms with E-state index in [1.165, 1.54) is 32.4 Å². The lowest BCUT2D eigenvalue weighted by molar-refractivity contribution is -0.136. The van der Waals surface area contributed by atoms with Crippen molar-refractivity contribution in [2.24, 2.45) is 0 Å². The zero-order chi connectivity index (χ0) is 22.6. The second kappa shape index (κ2) is 9.11. The SMILES string of the molecule is CCOC(=O)c1cc(NCc2ccc(OC)cc2OC)nc2c(C(F)(F)F)cccc12. The molecule has 3 aromatic rings. The Balaban J connectivity index is 2.05. The number of hydrogen-bond acceptors (Lipinski definition) is 6. The summed E-state index contributed by atoms with van der Waals surface area (Å²) in [5.41, 5.74) is -0.528. The molecule has 0 spiro atoms. The lowest BCUT2D eigenvalue weighted by Crippen LogP contribution is -2.12. The number of fused-ring (bicyclic) bond motifs is 1. The van der Waals surface area contributed by atoms with Crippen molar-refractivity contribution in [2.45, 2.75) is 19.6 Å². The van der Waals surface area contributed by atoms with Crippen molar-refractivity contribution in [1.82, 2.24) is 4.98 Å². The van der Waals surface area contributed by atoms with Crippen LogP contribution >= 0.6 is 0 Å². The van der Waals surface area contributed by atoms with Gasteiger partial charge in [-0.1, -0.05) is 12.1 Å². The summed E-state index contributed by atoms with van der Waals surface area (Å²) in [6.07, 6.45) is -4.63. The van der Waals surface area contributed by atoms with Crippen LogP contribution in [0.2, 0.25) is 0 Å². The number of anilines is 1. The molecule has 164 valence electrons. The van der Waals surface area contributed by atoms with E-state index >= 15 is 0 Å². The van der Waals surface area contributed by atoms with Gasteiger partial charge in [-0.15, -0.1) is 0 Å². The summed E-state index contributed by atoms with van der Waals surface area (Å²) in [5, 5.41) is 3.04.